The SMILES string of the molecule is CCCCCSC[C@@H](N)[C]=O. The Labute approximate surface area is 72.9 Å². The van der Waals surface area contributed by atoms with Gasteiger partial charge in [0, 0.05) is 5.75 Å². The van der Waals surface area contributed by atoms with E-state index in [0.29, 0.717) is 5.75 Å². The van der Waals surface area contributed by atoms with Crippen molar-refractivity contribution in [2.45, 2.75) is 32.2 Å². The van der Waals surface area contributed by atoms with E-state index in [0.717, 1.165) is 5.75 Å². The Bertz CT molecular complexity index is 98.1. The third-order valence-electron chi connectivity index (χ3n) is 1.34. The number of rotatable bonds is 7. The zero-order chi connectivity index (χ0) is 8.53. The summed E-state index contributed by atoms with van der Waals surface area (Å²) in [5.41, 5.74) is 5.34. The van der Waals surface area contributed by atoms with Gasteiger partial charge >= 0.3 is 0 Å². The molecule has 2 nitrogen and oxygen atoms in total. The Morgan fingerprint density at radius 1 is 1.55 bits per heavy atom. The minimum absolute atomic E-state index is 0.387. The van der Waals surface area contributed by atoms with E-state index in [4.69, 9.17) is 5.73 Å². The van der Waals surface area contributed by atoms with Crippen molar-refractivity contribution in [3.8, 4) is 0 Å². The zero-order valence-electron chi connectivity index (χ0n) is 7.01. The maximum Gasteiger partial charge on any atom is 0.217 e. The molecule has 0 fully saturated rings. The van der Waals surface area contributed by atoms with Gasteiger partial charge in [0.1, 0.15) is 0 Å². The lowest BCUT2D eigenvalue weighted by Crippen LogP contribution is -2.24. The lowest BCUT2D eigenvalue weighted by atomic mass is 10.3. The second-order valence-corrected chi connectivity index (χ2v) is 3.66. The van der Waals surface area contributed by atoms with Gasteiger partial charge in [-0.15, -0.1) is 0 Å². The smallest absolute Gasteiger partial charge is 0.217 e. The first-order chi connectivity index (χ1) is 5.31. The van der Waals surface area contributed by atoms with Crippen molar-refractivity contribution in [2.75, 3.05) is 11.5 Å². The molecule has 0 saturated heterocycles. The highest BCUT2D eigenvalue weighted by Crippen LogP contribution is 2.06. The Kier molecular flexibility index (Phi) is 8.07. The summed E-state index contributed by atoms with van der Waals surface area (Å²) in [6.45, 7) is 2.18. The minimum atomic E-state index is -0.387. The molecule has 2 N–H and O–H groups in total. The summed E-state index contributed by atoms with van der Waals surface area (Å²) in [5.74, 6) is 1.83. The molecule has 0 rings (SSSR count). The lowest BCUT2D eigenvalue weighted by molar-refractivity contribution is 0.546. The van der Waals surface area contributed by atoms with Gasteiger partial charge in [-0.05, 0) is 12.2 Å². The highest BCUT2D eigenvalue weighted by atomic mass is 32.2. The molecule has 0 spiro atoms. The van der Waals surface area contributed by atoms with Gasteiger partial charge in [0.25, 0.3) is 0 Å². The van der Waals surface area contributed by atoms with Gasteiger partial charge in [-0.2, -0.15) is 11.8 Å². The maximum absolute atomic E-state index is 9.96. The van der Waals surface area contributed by atoms with E-state index in [9.17, 15) is 4.79 Å². The lowest BCUT2D eigenvalue weighted by Gasteiger charge is -2.01. The van der Waals surface area contributed by atoms with Crippen LogP contribution < -0.4 is 5.73 Å². The molecule has 0 aliphatic rings. The average Bonchev–Trinajstić information content (AvgIpc) is 2.04. The maximum atomic E-state index is 9.96. The van der Waals surface area contributed by atoms with Crippen LogP contribution in [-0.2, 0) is 4.79 Å². The average molecular weight is 174 g/mol. The summed E-state index contributed by atoms with van der Waals surface area (Å²) in [6.07, 6.45) is 5.51. The third kappa shape index (κ3) is 7.88. The van der Waals surface area contributed by atoms with E-state index < -0.39 is 0 Å². The third-order valence-corrected chi connectivity index (χ3v) is 2.51. The minimum Gasteiger partial charge on any atom is -0.320 e. The molecule has 0 amide bonds. The predicted molar refractivity (Wildman–Crippen MR) is 50.5 cm³/mol. The van der Waals surface area contributed by atoms with E-state index >= 15 is 0 Å². The van der Waals surface area contributed by atoms with Crippen LogP contribution in [0.5, 0.6) is 0 Å². The Morgan fingerprint density at radius 2 is 2.27 bits per heavy atom. The molecule has 0 aromatic heterocycles. The monoisotopic (exact) mass is 174 g/mol. The Morgan fingerprint density at radius 3 is 2.82 bits per heavy atom. The van der Waals surface area contributed by atoms with Crippen LogP contribution in [0.4, 0.5) is 0 Å². The molecule has 0 bridgehead atoms. The number of hydrogen-bond donors (Lipinski definition) is 1. The van der Waals surface area contributed by atoms with Crippen molar-refractivity contribution in [3.05, 3.63) is 0 Å². The van der Waals surface area contributed by atoms with E-state index in [1.54, 1.807) is 18.0 Å². The van der Waals surface area contributed by atoms with E-state index in [1.807, 2.05) is 0 Å². The van der Waals surface area contributed by atoms with Crippen LogP contribution in [0.25, 0.3) is 0 Å². The number of hydrogen-bond acceptors (Lipinski definition) is 3. The van der Waals surface area contributed by atoms with Crippen LogP contribution in [0, 0.1) is 0 Å². The highest BCUT2D eigenvalue weighted by molar-refractivity contribution is 7.99. The number of unbranched alkanes of at least 4 members (excludes halogenated alkanes) is 2. The van der Waals surface area contributed by atoms with Crippen molar-refractivity contribution in [2.24, 2.45) is 5.73 Å². The van der Waals surface area contributed by atoms with Crippen LogP contribution in [0.15, 0.2) is 0 Å². The molecule has 0 saturated carbocycles. The van der Waals surface area contributed by atoms with Crippen molar-refractivity contribution in [3.63, 3.8) is 0 Å². The summed E-state index contributed by atoms with van der Waals surface area (Å²) in [4.78, 5) is 9.96. The normalized spacial score (nSPS) is 12.9. The fraction of sp³-hybridized carbons (Fsp3) is 0.875. The largest absolute Gasteiger partial charge is 0.320 e. The fourth-order valence-electron chi connectivity index (χ4n) is 0.698. The molecule has 1 radical (unpaired) electrons. The van der Waals surface area contributed by atoms with E-state index in [1.165, 1.54) is 19.3 Å². The van der Waals surface area contributed by atoms with Gasteiger partial charge in [-0.3, -0.25) is 4.79 Å². The van der Waals surface area contributed by atoms with E-state index in [-0.39, 0.29) is 6.04 Å². The van der Waals surface area contributed by atoms with Crippen LogP contribution in [0.2, 0.25) is 0 Å². The molecule has 0 aliphatic carbocycles. The van der Waals surface area contributed by atoms with Crippen LogP contribution in [-0.4, -0.2) is 23.8 Å². The van der Waals surface area contributed by atoms with Gasteiger partial charge in [0.2, 0.25) is 6.29 Å². The van der Waals surface area contributed by atoms with Crippen molar-refractivity contribution >= 4 is 18.0 Å². The molecule has 0 aliphatic heterocycles. The number of carbonyl (C=O) groups excluding carboxylic acids is 1. The number of nitrogens with two attached hydrogens (primary N) is 1. The Hall–Kier alpha value is -0.0200. The first-order valence-electron chi connectivity index (χ1n) is 4.02. The van der Waals surface area contributed by atoms with Crippen LogP contribution in [0.3, 0.4) is 0 Å². The standard InChI is InChI=1S/C8H16NOS/c1-2-3-4-5-11-7-8(9)6-10/h8H,2-5,7,9H2,1H3/t8-/m0/s1. The summed E-state index contributed by atoms with van der Waals surface area (Å²) in [7, 11) is 0. The van der Waals surface area contributed by atoms with Crippen LogP contribution >= 0.6 is 11.8 Å². The molecule has 0 aromatic rings. The molecule has 11 heavy (non-hydrogen) atoms. The first kappa shape index (κ1) is 11.0. The molecule has 0 unspecified atom stereocenters. The first-order valence-corrected chi connectivity index (χ1v) is 5.17. The van der Waals surface area contributed by atoms with Crippen molar-refractivity contribution in [1.82, 2.24) is 0 Å². The molecular formula is C8H16NOS. The van der Waals surface area contributed by atoms with E-state index in [2.05, 4.69) is 6.92 Å². The van der Waals surface area contributed by atoms with Gasteiger partial charge in [-0.25, -0.2) is 0 Å². The summed E-state index contributed by atoms with van der Waals surface area (Å²) < 4.78 is 0. The topological polar surface area (TPSA) is 43.1 Å². The highest BCUT2D eigenvalue weighted by Gasteiger charge is 1.99. The molecular weight excluding hydrogens is 158 g/mol. The van der Waals surface area contributed by atoms with Gasteiger partial charge in [0.05, 0.1) is 6.04 Å². The van der Waals surface area contributed by atoms with Crippen LogP contribution in [0.1, 0.15) is 26.2 Å². The van der Waals surface area contributed by atoms with Gasteiger partial charge < -0.3 is 5.73 Å². The van der Waals surface area contributed by atoms with Gasteiger partial charge in [0.15, 0.2) is 0 Å². The second-order valence-electron chi connectivity index (χ2n) is 2.51. The molecule has 0 aromatic carbocycles. The van der Waals surface area contributed by atoms with Crippen molar-refractivity contribution < 1.29 is 4.79 Å². The fourth-order valence-corrected chi connectivity index (χ4v) is 1.60. The summed E-state index contributed by atoms with van der Waals surface area (Å²) >= 11 is 1.74. The molecule has 65 valence electrons. The zero-order valence-corrected chi connectivity index (χ0v) is 7.82. The molecule has 3 heteroatoms. The van der Waals surface area contributed by atoms with Gasteiger partial charge in [-0.1, -0.05) is 19.8 Å². The quantitative estimate of drug-likeness (QED) is 0.592. The number of thioether (sulfide) groups is 1. The van der Waals surface area contributed by atoms with Crippen molar-refractivity contribution in [1.29, 1.82) is 0 Å². The Balaban J connectivity index is 2.95. The molecule has 1 atom stereocenters. The predicted octanol–water partition coefficient (Wildman–Crippen LogP) is 1.35. The second kappa shape index (κ2) is 8.08. The molecule has 0 heterocycles. The summed E-state index contributed by atoms with van der Waals surface area (Å²) in [5, 5.41) is 0. The summed E-state index contributed by atoms with van der Waals surface area (Å²) in [6, 6.07) is -0.387.